The van der Waals surface area contributed by atoms with E-state index in [1.54, 1.807) is 7.11 Å². The first-order chi connectivity index (χ1) is 8.80. The summed E-state index contributed by atoms with van der Waals surface area (Å²) >= 11 is 0. The highest BCUT2D eigenvalue weighted by atomic mass is 16.5. The van der Waals surface area contributed by atoms with Crippen LogP contribution in [0.1, 0.15) is 52.6 Å². The number of nitrogen functional groups attached to an aromatic ring is 1. The second kappa shape index (κ2) is 6.42. The maximum Gasteiger partial charge on any atom is 0.126 e. The molecule has 2 N–H and O–H groups in total. The molecule has 1 rings (SSSR count). The number of rotatable bonds is 7. The van der Waals surface area contributed by atoms with E-state index in [-0.39, 0.29) is 5.60 Å². The molecule has 0 unspecified atom stereocenters. The highest BCUT2D eigenvalue weighted by molar-refractivity contribution is 5.39. The van der Waals surface area contributed by atoms with Crippen molar-refractivity contribution in [3.63, 3.8) is 0 Å². The number of aromatic nitrogens is 2. The molecule has 19 heavy (non-hydrogen) atoms. The number of hydrogen-bond acceptors (Lipinski definition) is 3. The van der Waals surface area contributed by atoms with Crippen LogP contribution in [-0.4, -0.2) is 22.3 Å². The van der Waals surface area contributed by atoms with Crippen molar-refractivity contribution >= 4 is 5.82 Å². The summed E-state index contributed by atoms with van der Waals surface area (Å²) in [4.78, 5) is 4.74. The molecule has 110 valence electrons. The number of methoxy groups -OCH3 is 1. The largest absolute Gasteiger partial charge is 0.384 e. The molecule has 0 amide bonds. The maximum absolute atomic E-state index is 6.29. The van der Waals surface area contributed by atoms with Gasteiger partial charge in [-0.05, 0) is 26.2 Å². The normalized spacial score (nSPS) is 12.4. The average molecular weight is 267 g/mol. The molecule has 1 heterocycles. The lowest BCUT2D eigenvalue weighted by Gasteiger charge is -2.21. The SMILES string of the molecule is CCCc1nc(CC(C)(C)OC)c(N)n1CC(C)C. The molecule has 0 saturated heterocycles. The molecule has 0 aliphatic carbocycles. The van der Waals surface area contributed by atoms with Crippen LogP contribution in [0.25, 0.3) is 0 Å². The Balaban J connectivity index is 3.06. The first-order valence-corrected chi connectivity index (χ1v) is 7.19. The van der Waals surface area contributed by atoms with Crippen molar-refractivity contribution in [3.8, 4) is 0 Å². The molecule has 0 radical (unpaired) electrons. The van der Waals surface area contributed by atoms with Crippen LogP contribution in [-0.2, 0) is 24.1 Å². The molecule has 0 atom stereocenters. The standard InChI is InChI=1S/C15H29N3O/c1-7-8-13-17-12(9-15(4,5)19-6)14(16)18(13)10-11(2)3/h11H,7-10,16H2,1-6H3. The predicted molar refractivity (Wildman–Crippen MR) is 80.3 cm³/mol. The molecular formula is C15H29N3O. The van der Waals surface area contributed by atoms with Crippen LogP contribution in [0.15, 0.2) is 0 Å². The van der Waals surface area contributed by atoms with Gasteiger partial charge < -0.3 is 15.0 Å². The minimum atomic E-state index is -0.228. The second-order valence-corrected chi connectivity index (χ2v) is 6.26. The van der Waals surface area contributed by atoms with Crippen molar-refractivity contribution in [2.45, 2.75) is 66.0 Å². The van der Waals surface area contributed by atoms with E-state index >= 15 is 0 Å². The fraction of sp³-hybridized carbons (Fsp3) is 0.800. The molecular weight excluding hydrogens is 238 g/mol. The minimum absolute atomic E-state index is 0.228. The van der Waals surface area contributed by atoms with Gasteiger partial charge in [0.05, 0.1) is 11.3 Å². The Kier molecular flexibility index (Phi) is 5.41. The topological polar surface area (TPSA) is 53.1 Å². The van der Waals surface area contributed by atoms with Gasteiger partial charge >= 0.3 is 0 Å². The molecule has 0 fully saturated rings. The van der Waals surface area contributed by atoms with Gasteiger partial charge in [-0.3, -0.25) is 0 Å². The van der Waals surface area contributed by atoms with Crippen LogP contribution in [0.4, 0.5) is 5.82 Å². The molecule has 0 aromatic carbocycles. The fourth-order valence-corrected chi connectivity index (χ4v) is 2.16. The molecule has 1 aromatic heterocycles. The van der Waals surface area contributed by atoms with Gasteiger partial charge in [0.2, 0.25) is 0 Å². The third-order valence-corrected chi connectivity index (χ3v) is 3.33. The molecule has 0 saturated carbocycles. The Hall–Kier alpha value is -1.03. The summed E-state index contributed by atoms with van der Waals surface area (Å²) in [7, 11) is 1.73. The Bertz CT molecular complexity index is 408. The highest BCUT2D eigenvalue weighted by Gasteiger charge is 2.23. The zero-order valence-corrected chi connectivity index (χ0v) is 13.3. The van der Waals surface area contributed by atoms with Crippen molar-refractivity contribution in [3.05, 3.63) is 11.5 Å². The maximum atomic E-state index is 6.29. The number of aryl methyl sites for hydroxylation is 1. The smallest absolute Gasteiger partial charge is 0.126 e. The lowest BCUT2D eigenvalue weighted by molar-refractivity contribution is 0.0226. The van der Waals surface area contributed by atoms with E-state index in [9.17, 15) is 0 Å². The summed E-state index contributed by atoms with van der Waals surface area (Å²) in [6, 6.07) is 0. The van der Waals surface area contributed by atoms with Gasteiger partial charge in [0.25, 0.3) is 0 Å². The lowest BCUT2D eigenvalue weighted by atomic mass is 10.0. The molecule has 4 nitrogen and oxygen atoms in total. The van der Waals surface area contributed by atoms with Gasteiger partial charge in [-0.1, -0.05) is 20.8 Å². The van der Waals surface area contributed by atoms with Crippen molar-refractivity contribution in [2.24, 2.45) is 5.92 Å². The summed E-state index contributed by atoms with van der Waals surface area (Å²) in [5.74, 6) is 2.48. The van der Waals surface area contributed by atoms with E-state index in [2.05, 4.69) is 39.2 Å². The first-order valence-electron chi connectivity index (χ1n) is 7.19. The molecule has 1 aromatic rings. The minimum Gasteiger partial charge on any atom is -0.384 e. The van der Waals surface area contributed by atoms with E-state index in [1.807, 2.05) is 0 Å². The van der Waals surface area contributed by atoms with Crippen LogP contribution in [0.3, 0.4) is 0 Å². The van der Waals surface area contributed by atoms with E-state index in [4.69, 9.17) is 15.5 Å². The zero-order valence-electron chi connectivity index (χ0n) is 13.3. The Morgan fingerprint density at radius 3 is 2.47 bits per heavy atom. The van der Waals surface area contributed by atoms with Gasteiger partial charge in [-0.2, -0.15) is 0 Å². The van der Waals surface area contributed by atoms with E-state index < -0.39 is 0 Å². The van der Waals surface area contributed by atoms with E-state index in [0.29, 0.717) is 5.92 Å². The molecule has 0 spiro atoms. The fourth-order valence-electron chi connectivity index (χ4n) is 2.16. The van der Waals surface area contributed by atoms with Crippen LogP contribution in [0, 0.1) is 5.92 Å². The summed E-state index contributed by atoms with van der Waals surface area (Å²) in [5, 5.41) is 0. The van der Waals surface area contributed by atoms with Gasteiger partial charge in [0, 0.05) is 26.5 Å². The number of nitrogens with zero attached hydrogens (tertiary/aromatic N) is 2. The van der Waals surface area contributed by atoms with Crippen molar-refractivity contribution in [1.82, 2.24) is 9.55 Å². The Labute approximate surface area is 117 Å². The van der Waals surface area contributed by atoms with E-state index in [0.717, 1.165) is 43.1 Å². The van der Waals surface area contributed by atoms with Crippen LogP contribution >= 0.6 is 0 Å². The number of ether oxygens (including phenoxy) is 1. The Morgan fingerprint density at radius 1 is 1.37 bits per heavy atom. The molecule has 0 aliphatic heterocycles. The number of hydrogen-bond donors (Lipinski definition) is 1. The number of imidazole rings is 1. The number of nitrogens with two attached hydrogens (primary N) is 1. The Morgan fingerprint density at radius 2 is 2.00 bits per heavy atom. The summed E-state index contributed by atoms with van der Waals surface area (Å²) in [6.45, 7) is 11.6. The van der Waals surface area contributed by atoms with Crippen molar-refractivity contribution in [1.29, 1.82) is 0 Å². The zero-order chi connectivity index (χ0) is 14.6. The van der Waals surface area contributed by atoms with Crippen molar-refractivity contribution < 1.29 is 4.74 Å². The second-order valence-electron chi connectivity index (χ2n) is 6.26. The summed E-state index contributed by atoms with van der Waals surface area (Å²) in [6.07, 6.45) is 2.81. The first kappa shape index (κ1) is 16.0. The molecule has 0 aliphatic rings. The third-order valence-electron chi connectivity index (χ3n) is 3.33. The van der Waals surface area contributed by atoms with Gasteiger partial charge in [-0.15, -0.1) is 0 Å². The lowest BCUT2D eigenvalue weighted by Crippen LogP contribution is -2.26. The highest BCUT2D eigenvalue weighted by Crippen LogP contribution is 2.23. The van der Waals surface area contributed by atoms with Gasteiger partial charge in [-0.25, -0.2) is 4.98 Å². The van der Waals surface area contributed by atoms with Crippen molar-refractivity contribution in [2.75, 3.05) is 12.8 Å². The summed E-state index contributed by atoms with van der Waals surface area (Å²) in [5.41, 5.74) is 7.03. The third kappa shape index (κ3) is 4.23. The molecule has 0 bridgehead atoms. The van der Waals surface area contributed by atoms with Crippen LogP contribution < -0.4 is 5.73 Å². The van der Waals surface area contributed by atoms with Crippen LogP contribution in [0.2, 0.25) is 0 Å². The monoisotopic (exact) mass is 267 g/mol. The van der Waals surface area contributed by atoms with Gasteiger partial charge in [0.15, 0.2) is 0 Å². The predicted octanol–water partition coefficient (Wildman–Crippen LogP) is 3.04. The van der Waals surface area contributed by atoms with Gasteiger partial charge in [0.1, 0.15) is 11.6 Å². The number of anilines is 1. The van der Waals surface area contributed by atoms with E-state index in [1.165, 1.54) is 0 Å². The molecule has 4 heteroatoms. The summed E-state index contributed by atoms with van der Waals surface area (Å²) < 4.78 is 7.66. The van der Waals surface area contributed by atoms with Crippen LogP contribution in [0.5, 0.6) is 0 Å². The average Bonchev–Trinajstić information content (AvgIpc) is 2.57. The quantitative estimate of drug-likeness (QED) is 0.826.